The van der Waals surface area contributed by atoms with Crippen LogP contribution in [-0.2, 0) is 4.74 Å². The Morgan fingerprint density at radius 3 is 2.76 bits per heavy atom. The van der Waals surface area contributed by atoms with Gasteiger partial charge in [0.15, 0.2) is 5.78 Å². The Balaban J connectivity index is 2.28. The first-order chi connectivity index (χ1) is 8.18. The summed E-state index contributed by atoms with van der Waals surface area (Å²) in [6.45, 7) is 3.54. The molecule has 0 aromatic carbocycles. The average Bonchev–Trinajstić information content (AvgIpc) is 2.38. The minimum Gasteiger partial charge on any atom is -0.381 e. The molecule has 1 aliphatic heterocycles. The molecule has 1 aliphatic rings. The van der Waals surface area contributed by atoms with Crippen LogP contribution >= 0.6 is 0 Å². The summed E-state index contributed by atoms with van der Waals surface area (Å²) in [5, 5.41) is 0. The van der Waals surface area contributed by atoms with Crippen molar-refractivity contribution < 1.29 is 9.53 Å². The molecule has 0 radical (unpaired) electrons. The van der Waals surface area contributed by atoms with Crippen LogP contribution in [-0.4, -0.2) is 30.5 Å². The molecule has 0 unspecified atom stereocenters. The van der Waals surface area contributed by atoms with Crippen LogP contribution < -0.4 is 5.73 Å². The van der Waals surface area contributed by atoms with E-state index in [1.165, 1.54) is 0 Å². The average molecular weight is 234 g/mol. The van der Waals surface area contributed by atoms with Gasteiger partial charge in [0, 0.05) is 37.7 Å². The zero-order chi connectivity index (χ0) is 12.3. The second-order valence-electron chi connectivity index (χ2n) is 4.68. The van der Waals surface area contributed by atoms with Gasteiger partial charge in [-0.05, 0) is 31.4 Å². The number of aromatic nitrogens is 1. The maximum absolute atomic E-state index is 12.5. The van der Waals surface area contributed by atoms with Crippen molar-refractivity contribution in [3.63, 3.8) is 0 Å². The Kier molecular flexibility index (Phi) is 3.54. The molecular weight excluding hydrogens is 216 g/mol. The van der Waals surface area contributed by atoms with E-state index in [0.29, 0.717) is 38.2 Å². The normalized spacial score (nSPS) is 18.9. The molecule has 0 saturated carbocycles. The highest BCUT2D eigenvalue weighted by molar-refractivity contribution is 6.00. The number of pyridine rings is 1. The maximum atomic E-state index is 12.5. The van der Waals surface area contributed by atoms with Gasteiger partial charge >= 0.3 is 0 Å². The lowest BCUT2D eigenvalue weighted by atomic mass is 9.74. The van der Waals surface area contributed by atoms with Crippen molar-refractivity contribution in [1.82, 2.24) is 4.98 Å². The number of carbonyl (C=O) groups excluding carboxylic acids is 1. The summed E-state index contributed by atoms with van der Waals surface area (Å²) < 4.78 is 5.31. The molecule has 2 rings (SSSR count). The Bertz CT molecular complexity index is 412. The number of hydrogen-bond donors (Lipinski definition) is 1. The van der Waals surface area contributed by atoms with Crippen LogP contribution in [0.1, 0.15) is 28.8 Å². The molecule has 0 spiro atoms. The summed E-state index contributed by atoms with van der Waals surface area (Å²) in [6.07, 6.45) is 4.78. The minimum atomic E-state index is -0.451. The largest absolute Gasteiger partial charge is 0.381 e. The van der Waals surface area contributed by atoms with Crippen LogP contribution in [0.25, 0.3) is 0 Å². The Morgan fingerprint density at radius 2 is 2.18 bits per heavy atom. The zero-order valence-electron chi connectivity index (χ0n) is 10.1. The molecule has 2 heterocycles. The smallest absolute Gasteiger partial charge is 0.171 e. The number of aryl methyl sites for hydroxylation is 1. The van der Waals surface area contributed by atoms with Crippen LogP contribution in [0.15, 0.2) is 18.5 Å². The highest BCUT2D eigenvalue weighted by Gasteiger charge is 2.39. The predicted molar refractivity (Wildman–Crippen MR) is 64.8 cm³/mol. The molecule has 0 amide bonds. The highest BCUT2D eigenvalue weighted by atomic mass is 16.5. The van der Waals surface area contributed by atoms with E-state index < -0.39 is 5.41 Å². The molecule has 4 heteroatoms. The lowest BCUT2D eigenvalue weighted by Gasteiger charge is -2.34. The minimum absolute atomic E-state index is 0.111. The molecule has 1 fully saturated rings. The van der Waals surface area contributed by atoms with Crippen LogP contribution in [0, 0.1) is 12.3 Å². The molecule has 17 heavy (non-hydrogen) atoms. The van der Waals surface area contributed by atoms with E-state index in [9.17, 15) is 4.79 Å². The number of hydrogen-bond acceptors (Lipinski definition) is 4. The van der Waals surface area contributed by atoms with Crippen molar-refractivity contribution >= 4 is 5.78 Å². The van der Waals surface area contributed by atoms with E-state index in [-0.39, 0.29) is 5.78 Å². The SMILES string of the molecule is Cc1cncc(C(=O)C2(CN)CCOCC2)c1. The fraction of sp³-hybridized carbons (Fsp3) is 0.538. The van der Waals surface area contributed by atoms with Gasteiger partial charge < -0.3 is 10.5 Å². The molecule has 1 aromatic heterocycles. The number of carbonyl (C=O) groups is 1. The van der Waals surface area contributed by atoms with Crippen molar-refractivity contribution in [2.24, 2.45) is 11.1 Å². The number of rotatable bonds is 3. The summed E-state index contributed by atoms with van der Waals surface area (Å²) in [4.78, 5) is 16.6. The summed E-state index contributed by atoms with van der Waals surface area (Å²) in [5.74, 6) is 0.111. The zero-order valence-corrected chi connectivity index (χ0v) is 10.1. The molecule has 2 N–H and O–H groups in total. The summed E-state index contributed by atoms with van der Waals surface area (Å²) >= 11 is 0. The van der Waals surface area contributed by atoms with Gasteiger partial charge in [-0.3, -0.25) is 9.78 Å². The van der Waals surface area contributed by atoms with E-state index in [4.69, 9.17) is 10.5 Å². The summed E-state index contributed by atoms with van der Waals surface area (Å²) in [5.41, 5.74) is 7.03. The number of nitrogens with zero attached hydrogens (tertiary/aromatic N) is 1. The van der Waals surface area contributed by atoms with Gasteiger partial charge in [0.05, 0.1) is 5.41 Å². The Hall–Kier alpha value is -1.26. The number of Topliss-reactive ketones (excluding diaryl/α,β-unsaturated/α-hetero) is 1. The van der Waals surface area contributed by atoms with Crippen LogP contribution in [0.4, 0.5) is 0 Å². The fourth-order valence-electron chi connectivity index (χ4n) is 2.27. The van der Waals surface area contributed by atoms with Gasteiger partial charge in [-0.25, -0.2) is 0 Å². The van der Waals surface area contributed by atoms with Crippen molar-refractivity contribution in [3.05, 3.63) is 29.6 Å². The second-order valence-corrected chi connectivity index (χ2v) is 4.68. The van der Waals surface area contributed by atoms with Gasteiger partial charge in [-0.15, -0.1) is 0 Å². The van der Waals surface area contributed by atoms with Crippen molar-refractivity contribution in [2.75, 3.05) is 19.8 Å². The first kappa shape index (κ1) is 12.2. The van der Waals surface area contributed by atoms with E-state index in [1.807, 2.05) is 13.0 Å². The number of ketones is 1. The monoisotopic (exact) mass is 234 g/mol. The van der Waals surface area contributed by atoms with Gasteiger partial charge in [0.25, 0.3) is 0 Å². The molecule has 0 aliphatic carbocycles. The van der Waals surface area contributed by atoms with Crippen molar-refractivity contribution in [2.45, 2.75) is 19.8 Å². The van der Waals surface area contributed by atoms with Crippen LogP contribution in [0.3, 0.4) is 0 Å². The lowest BCUT2D eigenvalue weighted by molar-refractivity contribution is 0.0200. The molecule has 92 valence electrons. The van der Waals surface area contributed by atoms with Crippen LogP contribution in [0.5, 0.6) is 0 Å². The van der Waals surface area contributed by atoms with Gasteiger partial charge in [-0.2, -0.15) is 0 Å². The van der Waals surface area contributed by atoms with E-state index in [2.05, 4.69) is 4.98 Å². The number of nitrogens with two attached hydrogens (primary N) is 1. The van der Waals surface area contributed by atoms with E-state index in [0.717, 1.165) is 5.56 Å². The van der Waals surface area contributed by atoms with Crippen molar-refractivity contribution in [3.8, 4) is 0 Å². The lowest BCUT2D eigenvalue weighted by Crippen LogP contribution is -2.43. The van der Waals surface area contributed by atoms with Gasteiger partial charge in [-0.1, -0.05) is 0 Å². The molecule has 1 aromatic rings. The van der Waals surface area contributed by atoms with Gasteiger partial charge in [0.2, 0.25) is 0 Å². The van der Waals surface area contributed by atoms with Crippen molar-refractivity contribution in [1.29, 1.82) is 0 Å². The second kappa shape index (κ2) is 4.94. The highest BCUT2D eigenvalue weighted by Crippen LogP contribution is 2.33. The summed E-state index contributed by atoms with van der Waals surface area (Å²) in [7, 11) is 0. The Morgan fingerprint density at radius 1 is 1.47 bits per heavy atom. The molecule has 1 saturated heterocycles. The quantitative estimate of drug-likeness (QED) is 0.801. The topological polar surface area (TPSA) is 65.2 Å². The van der Waals surface area contributed by atoms with Crippen LogP contribution in [0.2, 0.25) is 0 Å². The summed E-state index contributed by atoms with van der Waals surface area (Å²) in [6, 6.07) is 1.88. The van der Waals surface area contributed by atoms with E-state index >= 15 is 0 Å². The predicted octanol–water partition coefficient (Wildman–Crippen LogP) is 1.33. The Labute approximate surface area is 101 Å². The standard InChI is InChI=1S/C13H18N2O2/c1-10-6-11(8-15-7-10)12(16)13(9-14)2-4-17-5-3-13/h6-8H,2-5,9,14H2,1H3. The third-order valence-electron chi connectivity index (χ3n) is 3.46. The fourth-order valence-corrected chi connectivity index (χ4v) is 2.27. The first-order valence-electron chi connectivity index (χ1n) is 5.92. The molecule has 0 atom stereocenters. The maximum Gasteiger partial charge on any atom is 0.171 e. The van der Waals surface area contributed by atoms with E-state index in [1.54, 1.807) is 12.4 Å². The third kappa shape index (κ3) is 2.37. The van der Waals surface area contributed by atoms with Gasteiger partial charge in [0.1, 0.15) is 0 Å². The molecular formula is C13H18N2O2. The molecule has 0 bridgehead atoms. The third-order valence-corrected chi connectivity index (χ3v) is 3.46. The first-order valence-corrected chi connectivity index (χ1v) is 5.92. The molecule has 4 nitrogen and oxygen atoms in total. The number of ether oxygens (including phenoxy) is 1.